The molecule has 0 aromatic heterocycles. The third-order valence-electron chi connectivity index (χ3n) is 5.28. The van der Waals surface area contributed by atoms with Gasteiger partial charge in [-0.2, -0.15) is 4.31 Å². The van der Waals surface area contributed by atoms with Gasteiger partial charge in [-0.05, 0) is 62.4 Å². The average Bonchev–Trinajstić information content (AvgIpc) is 2.54. The maximum absolute atomic E-state index is 13.1. The van der Waals surface area contributed by atoms with Crippen LogP contribution < -0.4 is 0 Å². The van der Waals surface area contributed by atoms with E-state index < -0.39 is 10.0 Å². The standard InChI is InChI=1S/C20H34N2O2S/c1-15(2)13-18-14-22(12-11-20(18)21(5)6)25(23,24)19-9-7-17(8-10-19)16(3)4/h7-10,15-16,18,20H,11-14H2,1-6H3. The molecule has 0 bridgehead atoms. The topological polar surface area (TPSA) is 40.6 Å². The van der Waals surface area contributed by atoms with Gasteiger partial charge in [0.25, 0.3) is 0 Å². The highest BCUT2D eigenvalue weighted by Crippen LogP contribution is 2.30. The molecule has 2 atom stereocenters. The summed E-state index contributed by atoms with van der Waals surface area (Å²) in [5.41, 5.74) is 1.17. The van der Waals surface area contributed by atoms with Gasteiger partial charge in [0.15, 0.2) is 0 Å². The van der Waals surface area contributed by atoms with E-state index in [0.717, 1.165) is 12.8 Å². The lowest BCUT2D eigenvalue weighted by Crippen LogP contribution is -2.50. The van der Waals surface area contributed by atoms with Gasteiger partial charge in [-0.25, -0.2) is 8.42 Å². The van der Waals surface area contributed by atoms with Gasteiger partial charge in [-0.15, -0.1) is 0 Å². The lowest BCUT2D eigenvalue weighted by Gasteiger charge is -2.41. The van der Waals surface area contributed by atoms with Crippen LogP contribution in [-0.2, 0) is 10.0 Å². The molecule has 0 aliphatic carbocycles. The van der Waals surface area contributed by atoms with Crippen molar-refractivity contribution in [2.45, 2.75) is 57.4 Å². The fourth-order valence-corrected chi connectivity index (χ4v) is 5.41. The van der Waals surface area contributed by atoms with E-state index >= 15 is 0 Å². The minimum Gasteiger partial charge on any atom is -0.306 e. The lowest BCUT2D eigenvalue weighted by atomic mass is 9.85. The van der Waals surface area contributed by atoms with E-state index in [9.17, 15) is 8.42 Å². The number of sulfonamides is 1. The third-order valence-corrected chi connectivity index (χ3v) is 7.16. The number of hydrogen-bond acceptors (Lipinski definition) is 3. The van der Waals surface area contributed by atoms with Crippen molar-refractivity contribution in [1.82, 2.24) is 9.21 Å². The molecule has 0 amide bonds. The predicted octanol–water partition coefficient (Wildman–Crippen LogP) is 3.80. The summed E-state index contributed by atoms with van der Waals surface area (Å²) in [7, 11) is 0.800. The van der Waals surface area contributed by atoms with E-state index in [1.54, 1.807) is 16.4 Å². The first-order valence-corrected chi connectivity index (χ1v) is 10.8. The number of nitrogens with zero attached hydrogens (tertiary/aromatic N) is 2. The lowest BCUT2D eigenvalue weighted by molar-refractivity contribution is 0.112. The van der Waals surface area contributed by atoms with Crippen LogP contribution in [-0.4, -0.2) is 50.8 Å². The number of rotatable bonds is 6. The van der Waals surface area contributed by atoms with Crippen LogP contribution in [0.2, 0.25) is 0 Å². The average molecular weight is 367 g/mol. The van der Waals surface area contributed by atoms with E-state index in [1.165, 1.54) is 5.56 Å². The van der Waals surface area contributed by atoms with E-state index in [0.29, 0.717) is 41.8 Å². The van der Waals surface area contributed by atoms with E-state index in [1.807, 2.05) is 12.1 Å². The second kappa shape index (κ2) is 8.19. The van der Waals surface area contributed by atoms with Crippen molar-refractivity contribution in [2.75, 3.05) is 27.2 Å². The zero-order valence-corrected chi connectivity index (χ0v) is 17.4. The van der Waals surface area contributed by atoms with Crippen LogP contribution in [0, 0.1) is 11.8 Å². The highest BCUT2D eigenvalue weighted by atomic mass is 32.2. The largest absolute Gasteiger partial charge is 0.306 e. The third kappa shape index (κ3) is 4.83. The van der Waals surface area contributed by atoms with Gasteiger partial charge in [0.05, 0.1) is 4.90 Å². The van der Waals surface area contributed by atoms with Gasteiger partial charge in [-0.3, -0.25) is 0 Å². The van der Waals surface area contributed by atoms with Gasteiger partial charge in [0, 0.05) is 19.1 Å². The van der Waals surface area contributed by atoms with E-state index in [4.69, 9.17) is 0 Å². The van der Waals surface area contributed by atoms with Crippen molar-refractivity contribution in [2.24, 2.45) is 11.8 Å². The molecule has 0 spiro atoms. The Labute approximate surface area is 154 Å². The molecular formula is C20H34N2O2S. The van der Waals surface area contributed by atoms with E-state index in [-0.39, 0.29) is 0 Å². The van der Waals surface area contributed by atoms with Crippen molar-refractivity contribution in [1.29, 1.82) is 0 Å². The smallest absolute Gasteiger partial charge is 0.243 e. The van der Waals surface area contributed by atoms with Crippen molar-refractivity contribution in [3.8, 4) is 0 Å². The quantitative estimate of drug-likeness (QED) is 0.769. The second-order valence-electron chi connectivity index (χ2n) is 8.30. The predicted molar refractivity (Wildman–Crippen MR) is 104 cm³/mol. The Morgan fingerprint density at radius 2 is 1.72 bits per heavy atom. The molecule has 0 saturated carbocycles. The molecule has 1 aromatic rings. The molecule has 25 heavy (non-hydrogen) atoms. The molecule has 5 heteroatoms. The Bertz CT molecular complexity index is 651. The summed E-state index contributed by atoms with van der Waals surface area (Å²) in [5, 5.41) is 0. The SMILES string of the molecule is CC(C)CC1CN(S(=O)(=O)c2ccc(C(C)C)cc2)CCC1N(C)C. The van der Waals surface area contributed by atoms with Crippen molar-refractivity contribution in [3.05, 3.63) is 29.8 Å². The van der Waals surface area contributed by atoms with Gasteiger partial charge in [0.1, 0.15) is 0 Å². The molecule has 1 aromatic carbocycles. The molecule has 0 radical (unpaired) electrons. The minimum absolute atomic E-state index is 0.383. The maximum Gasteiger partial charge on any atom is 0.243 e. The fraction of sp³-hybridized carbons (Fsp3) is 0.700. The molecule has 2 unspecified atom stereocenters. The Morgan fingerprint density at radius 3 is 2.20 bits per heavy atom. The van der Waals surface area contributed by atoms with Crippen molar-refractivity contribution >= 4 is 10.0 Å². The highest BCUT2D eigenvalue weighted by Gasteiger charge is 2.36. The van der Waals surface area contributed by atoms with Crippen LogP contribution in [0.15, 0.2) is 29.2 Å². The van der Waals surface area contributed by atoms with E-state index in [2.05, 4.69) is 46.7 Å². The second-order valence-corrected chi connectivity index (χ2v) is 10.2. The van der Waals surface area contributed by atoms with Gasteiger partial charge in [0.2, 0.25) is 10.0 Å². The first kappa shape index (κ1) is 20.4. The zero-order valence-electron chi connectivity index (χ0n) is 16.6. The molecule has 1 heterocycles. The summed E-state index contributed by atoms with van der Waals surface area (Å²) in [5.74, 6) is 1.36. The molecule has 1 aliphatic heterocycles. The van der Waals surface area contributed by atoms with Crippen LogP contribution in [0.1, 0.15) is 52.0 Å². The molecule has 0 N–H and O–H groups in total. The summed E-state index contributed by atoms with van der Waals surface area (Å²) < 4.78 is 27.9. The summed E-state index contributed by atoms with van der Waals surface area (Å²) in [4.78, 5) is 2.68. The van der Waals surface area contributed by atoms with Crippen molar-refractivity contribution in [3.63, 3.8) is 0 Å². The molecular weight excluding hydrogens is 332 g/mol. The molecule has 1 fully saturated rings. The highest BCUT2D eigenvalue weighted by molar-refractivity contribution is 7.89. The normalized spacial score (nSPS) is 22.9. The van der Waals surface area contributed by atoms with Crippen molar-refractivity contribution < 1.29 is 8.42 Å². The van der Waals surface area contributed by atoms with Gasteiger partial charge >= 0.3 is 0 Å². The number of hydrogen-bond donors (Lipinski definition) is 0. The summed E-state index contributed by atoms with van der Waals surface area (Å²) in [6.45, 7) is 9.88. The molecule has 4 nitrogen and oxygen atoms in total. The Hall–Kier alpha value is -0.910. The van der Waals surface area contributed by atoms with Crippen LogP contribution in [0.3, 0.4) is 0 Å². The first-order valence-electron chi connectivity index (χ1n) is 9.39. The van der Waals surface area contributed by atoms with Gasteiger partial charge in [-0.1, -0.05) is 39.8 Å². The molecule has 2 rings (SSSR count). The molecule has 142 valence electrons. The Morgan fingerprint density at radius 1 is 1.12 bits per heavy atom. The Kier molecular flexibility index (Phi) is 6.68. The molecule has 1 aliphatic rings. The number of piperidine rings is 1. The first-order chi connectivity index (χ1) is 11.6. The monoisotopic (exact) mass is 366 g/mol. The number of benzene rings is 1. The van der Waals surface area contributed by atoms with Crippen LogP contribution in [0.25, 0.3) is 0 Å². The van der Waals surface area contributed by atoms with Gasteiger partial charge < -0.3 is 4.90 Å². The maximum atomic E-state index is 13.1. The minimum atomic E-state index is -3.41. The fourth-order valence-electron chi connectivity index (χ4n) is 3.90. The van der Waals surface area contributed by atoms with Crippen LogP contribution >= 0.6 is 0 Å². The summed E-state index contributed by atoms with van der Waals surface area (Å²) in [6.07, 6.45) is 1.95. The zero-order chi connectivity index (χ0) is 18.8. The summed E-state index contributed by atoms with van der Waals surface area (Å²) in [6, 6.07) is 7.86. The van der Waals surface area contributed by atoms with Crippen LogP contribution in [0.4, 0.5) is 0 Å². The Balaban J connectivity index is 2.21. The molecule has 1 saturated heterocycles. The van der Waals surface area contributed by atoms with Crippen LogP contribution in [0.5, 0.6) is 0 Å². The summed E-state index contributed by atoms with van der Waals surface area (Å²) >= 11 is 0.